The molecule has 7 nitrogen and oxygen atoms in total. The lowest BCUT2D eigenvalue weighted by Crippen LogP contribution is -2.44. The predicted molar refractivity (Wildman–Crippen MR) is 98.7 cm³/mol. The Bertz CT molecular complexity index is 1020. The number of carbonyl (C=O) groups is 2. The monoisotopic (exact) mass is 364 g/mol. The van der Waals surface area contributed by atoms with Crippen LogP contribution in [0, 0.1) is 6.92 Å². The fourth-order valence-corrected chi connectivity index (χ4v) is 3.62. The van der Waals surface area contributed by atoms with Crippen LogP contribution in [0.25, 0.3) is 5.65 Å². The second-order valence-corrected chi connectivity index (χ2v) is 6.78. The van der Waals surface area contributed by atoms with Crippen LogP contribution in [-0.4, -0.2) is 39.6 Å². The molecule has 0 bridgehead atoms. The van der Waals surface area contributed by atoms with E-state index in [1.807, 2.05) is 25.1 Å². The fraction of sp³-hybridized carbons (Fsp3) is 0.300. The maximum atomic E-state index is 12.6. The van der Waals surface area contributed by atoms with Gasteiger partial charge in [0.25, 0.3) is 5.91 Å². The second kappa shape index (κ2) is 6.83. The van der Waals surface area contributed by atoms with Crippen molar-refractivity contribution >= 4 is 17.5 Å². The van der Waals surface area contributed by atoms with Gasteiger partial charge in [0.2, 0.25) is 0 Å². The standard InChI is InChI=1S/C20H20N4O3/c1-12-17(11-21-18-7-8-22-24(12)18)19(25)23-14-9-13(10-14)15-5-3-4-6-16(15)20(26)27-2/h3-8,11,13-14H,9-10H2,1-2H3,(H,23,25). The Hall–Kier alpha value is -3.22. The molecule has 1 aliphatic rings. The number of hydrogen-bond acceptors (Lipinski definition) is 5. The Kier molecular flexibility index (Phi) is 4.35. The smallest absolute Gasteiger partial charge is 0.338 e. The summed E-state index contributed by atoms with van der Waals surface area (Å²) in [5.74, 6) is -0.243. The molecule has 0 aliphatic heterocycles. The van der Waals surface area contributed by atoms with Crippen molar-refractivity contribution in [3.63, 3.8) is 0 Å². The summed E-state index contributed by atoms with van der Waals surface area (Å²) in [6.45, 7) is 1.85. The van der Waals surface area contributed by atoms with E-state index in [4.69, 9.17) is 4.74 Å². The Balaban J connectivity index is 1.44. The number of fused-ring (bicyclic) bond motifs is 1. The molecule has 138 valence electrons. The Labute approximate surface area is 156 Å². The SMILES string of the molecule is COC(=O)c1ccccc1C1CC(NC(=O)c2cnc3ccnn3c2C)C1. The number of benzene rings is 1. The highest BCUT2D eigenvalue weighted by Crippen LogP contribution is 2.38. The average Bonchev–Trinajstić information content (AvgIpc) is 3.13. The van der Waals surface area contributed by atoms with Gasteiger partial charge < -0.3 is 10.1 Å². The summed E-state index contributed by atoms with van der Waals surface area (Å²) in [4.78, 5) is 28.8. The van der Waals surface area contributed by atoms with E-state index in [0.29, 0.717) is 16.8 Å². The van der Waals surface area contributed by atoms with Crippen molar-refractivity contribution in [3.8, 4) is 0 Å². The molecular formula is C20H20N4O3. The van der Waals surface area contributed by atoms with Gasteiger partial charge in [-0.05, 0) is 37.3 Å². The summed E-state index contributed by atoms with van der Waals surface area (Å²) in [5.41, 5.74) is 3.57. The molecule has 0 saturated heterocycles. The predicted octanol–water partition coefficient (Wildman–Crippen LogP) is 2.50. The van der Waals surface area contributed by atoms with E-state index in [1.54, 1.807) is 29.0 Å². The number of ether oxygens (including phenoxy) is 1. The number of methoxy groups -OCH3 is 1. The first-order valence-electron chi connectivity index (χ1n) is 8.86. The van der Waals surface area contributed by atoms with Crippen molar-refractivity contribution in [2.75, 3.05) is 7.11 Å². The van der Waals surface area contributed by atoms with Gasteiger partial charge >= 0.3 is 5.97 Å². The Morgan fingerprint density at radius 1 is 1.19 bits per heavy atom. The van der Waals surface area contributed by atoms with Crippen LogP contribution in [0.3, 0.4) is 0 Å². The molecule has 4 rings (SSSR count). The minimum absolute atomic E-state index is 0.0703. The number of hydrogen-bond donors (Lipinski definition) is 1. The third-order valence-electron chi connectivity index (χ3n) is 5.18. The highest BCUT2D eigenvalue weighted by Gasteiger charge is 2.34. The maximum Gasteiger partial charge on any atom is 0.338 e. The highest BCUT2D eigenvalue weighted by molar-refractivity contribution is 5.95. The molecule has 1 amide bonds. The molecule has 1 fully saturated rings. The largest absolute Gasteiger partial charge is 0.465 e. The number of amides is 1. The van der Waals surface area contributed by atoms with Gasteiger partial charge in [0.05, 0.1) is 30.1 Å². The molecule has 0 radical (unpaired) electrons. The fourth-order valence-electron chi connectivity index (χ4n) is 3.62. The van der Waals surface area contributed by atoms with Crippen molar-refractivity contribution in [1.29, 1.82) is 0 Å². The first-order chi connectivity index (χ1) is 13.1. The number of aromatic nitrogens is 3. The summed E-state index contributed by atoms with van der Waals surface area (Å²) in [5, 5.41) is 7.25. The normalized spacial score (nSPS) is 18.7. The van der Waals surface area contributed by atoms with E-state index in [9.17, 15) is 9.59 Å². The van der Waals surface area contributed by atoms with Gasteiger partial charge in [-0.3, -0.25) is 4.79 Å². The van der Waals surface area contributed by atoms with E-state index in [-0.39, 0.29) is 23.8 Å². The van der Waals surface area contributed by atoms with Crippen LogP contribution >= 0.6 is 0 Å². The summed E-state index contributed by atoms with van der Waals surface area (Å²) in [7, 11) is 1.38. The number of nitrogens with zero attached hydrogens (tertiary/aromatic N) is 3. The Morgan fingerprint density at radius 3 is 2.74 bits per heavy atom. The van der Waals surface area contributed by atoms with Crippen LogP contribution in [0.2, 0.25) is 0 Å². The quantitative estimate of drug-likeness (QED) is 0.719. The van der Waals surface area contributed by atoms with E-state index in [0.717, 1.165) is 24.1 Å². The van der Waals surface area contributed by atoms with Crippen molar-refractivity contribution < 1.29 is 14.3 Å². The van der Waals surface area contributed by atoms with Crippen molar-refractivity contribution in [2.45, 2.75) is 31.7 Å². The molecule has 0 atom stereocenters. The highest BCUT2D eigenvalue weighted by atomic mass is 16.5. The Morgan fingerprint density at radius 2 is 1.96 bits per heavy atom. The molecule has 1 aromatic carbocycles. The van der Waals surface area contributed by atoms with Gasteiger partial charge in [-0.25, -0.2) is 14.3 Å². The first-order valence-corrected chi connectivity index (χ1v) is 8.86. The number of aryl methyl sites for hydroxylation is 1. The molecule has 0 unspecified atom stereocenters. The van der Waals surface area contributed by atoms with Crippen LogP contribution in [0.1, 0.15) is 50.7 Å². The second-order valence-electron chi connectivity index (χ2n) is 6.78. The van der Waals surface area contributed by atoms with Gasteiger partial charge in [0, 0.05) is 18.3 Å². The van der Waals surface area contributed by atoms with E-state index in [2.05, 4.69) is 15.4 Å². The molecule has 7 heteroatoms. The number of carbonyl (C=O) groups excluding carboxylic acids is 2. The minimum Gasteiger partial charge on any atom is -0.465 e. The molecule has 27 heavy (non-hydrogen) atoms. The van der Waals surface area contributed by atoms with Crippen LogP contribution in [0.4, 0.5) is 0 Å². The van der Waals surface area contributed by atoms with E-state index >= 15 is 0 Å². The number of esters is 1. The zero-order valence-electron chi connectivity index (χ0n) is 15.2. The lowest BCUT2D eigenvalue weighted by molar-refractivity contribution is 0.0596. The third-order valence-corrected chi connectivity index (χ3v) is 5.18. The van der Waals surface area contributed by atoms with E-state index in [1.165, 1.54) is 7.11 Å². The molecule has 0 spiro atoms. The molecule has 1 saturated carbocycles. The van der Waals surface area contributed by atoms with Crippen molar-refractivity contribution in [2.24, 2.45) is 0 Å². The molecular weight excluding hydrogens is 344 g/mol. The zero-order chi connectivity index (χ0) is 19.0. The van der Waals surface area contributed by atoms with Gasteiger partial charge in [0.15, 0.2) is 5.65 Å². The molecule has 1 N–H and O–H groups in total. The lowest BCUT2D eigenvalue weighted by Gasteiger charge is -2.37. The van der Waals surface area contributed by atoms with Gasteiger partial charge in [0.1, 0.15) is 0 Å². The van der Waals surface area contributed by atoms with Crippen LogP contribution in [-0.2, 0) is 4.74 Å². The minimum atomic E-state index is -0.327. The zero-order valence-corrected chi connectivity index (χ0v) is 15.2. The molecule has 2 aromatic heterocycles. The lowest BCUT2D eigenvalue weighted by atomic mass is 9.74. The summed E-state index contributed by atoms with van der Waals surface area (Å²) in [6, 6.07) is 9.35. The molecule has 1 aliphatic carbocycles. The molecule has 2 heterocycles. The number of nitrogens with one attached hydrogen (secondary N) is 1. The third kappa shape index (κ3) is 3.05. The first kappa shape index (κ1) is 17.2. The van der Waals surface area contributed by atoms with Gasteiger partial charge in [-0.1, -0.05) is 18.2 Å². The van der Waals surface area contributed by atoms with Crippen molar-refractivity contribution in [1.82, 2.24) is 19.9 Å². The average molecular weight is 364 g/mol. The maximum absolute atomic E-state index is 12.6. The topological polar surface area (TPSA) is 85.6 Å². The van der Waals surface area contributed by atoms with Gasteiger partial charge in [-0.15, -0.1) is 0 Å². The number of rotatable bonds is 4. The van der Waals surface area contributed by atoms with E-state index < -0.39 is 0 Å². The van der Waals surface area contributed by atoms with Crippen LogP contribution in [0.5, 0.6) is 0 Å². The molecule has 3 aromatic rings. The van der Waals surface area contributed by atoms with Gasteiger partial charge in [-0.2, -0.15) is 5.10 Å². The summed E-state index contributed by atoms with van der Waals surface area (Å²) < 4.78 is 6.52. The summed E-state index contributed by atoms with van der Waals surface area (Å²) in [6.07, 6.45) is 4.82. The van der Waals surface area contributed by atoms with Crippen LogP contribution in [0.15, 0.2) is 42.7 Å². The van der Waals surface area contributed by atoms with Crippen molar-refractivity contribution in [3.05, 3.63) is 65.1 Å². The van der Waals surface area contributed by atoms with Crippen LogP contribution < -0.4 is 5.32 Å². The summed E-state index contributed by atoms with van der Waals surface area (Å²) >= 11 is 0.